The normalized spacial score (nSPS) is 12.8. The minimum absolute atomic E-state index is 0.0678. The Kier molecular flexibility index (Phi) is 2.92. The molecular formula is C12H14N2O2. The zero-order valence-corrected chi connectivity index (χ0v) is 8.81. The number of benzene rings is 1. The van der Waals surface area contributed by atoms with Gasteiger partial charge in [0.05, 0.1) is 6.42 Å². The van der Waals surface area contributed by atoms with Gasteiger partial charge < -0.3 is 15.8 Å². The molecule has 4 N–H and O–H groups in total. The fourth-order valence-corrected chi connectivity index (χ4v) is 1.96. The van der Waals surface area contributed by atoms with Crippen LogP contribution < -0.4 is 5.73 Å². The van der Waals surface area contributed by atoms with E-state index in [1.807, 2.05) is 30.5 Å². The Labute approximate surface area is 93.1 Å². The van der Waals surface area contributed by atoms with Crippen LogP contribution in [-0.4, -0.2) is 22.6 Å². The summed E-state index contributed by atoms with van der Waals surface area (Å²) < 4.78 is 0. The highest BCUT2D eigenvalue weighted by atomic mass is 16.4. The van der Waals surface area contributed by atoms with Crippen molar-refractivity contribution >= 4 is 16.9 Å². The molecule has 1 heterocycles. The smallest absolute Gasteiger partial charge is 0.304 e. The predicted octanol–water partition coefficient (Wildman–Crippen LogP) is 1.68. The highest BCUT2D eigenvalue weighted by Gasteiger charge is 2.17. The van der Waals surface area contributed by atoms with E-state index in [-0.39, 0.29) is 12.3 Å². The van der Waals surface area contributed by atoms with Crippen LogP contribution in [0.4, 0.5) is 0 Å². The molecule has 1 aromatic heterocycles. The molecule has 0 bridgehead atoms. The second kappa shape index (κ2) is 4.37. The summed E-state index contributed by atoms with van der Waals surface area (Å²) in [6.45, 7) is 0.341. The van der Waals surface area contributed by atoms with E-state index in [9.17, 15) is 4.79 Å². The number of carboxylic acid groups (broad SMARTS) is 1. The van der Waals surface area contributed by atoms with Crippen molar-refractivity contribution < 1.29 is 9.90 Å². The van der Waals surface area contributed by atoms with Gasteiger partial charge in [-0.25, -0.2) is 0 Å². The van der Waals surface area contributed by atoms with Gasteiger partial charge in [0.25, 0.3) is 0 Å². The number of carbonyl (C=O) groups is 1. The van der Waals surface area contributed by atoms with Crippen molar-refractivity contribution in [2.75, 3.05) is 6.54 Å². The Bertz CT molecular complexity index is 504. The molecule has 0 saturated carbocycles. The molecule has 0 amide bonds. The number of hydrogen-bond donors (Lipinski definition) is 3. The summed E-state index contributed by atoms with van der Waals surface area (Å²) in [5, 5.41) is 9.87. The molecule has 16 heavy (non-hydrogen) atoms. The number of aromatic nitrogens is 1. The first-order valence-corrected chi connectivity index (χ1v) is 5.20. The van der Waals surface area contributed by atoms with Crippen LogP contribution in [0.3, 0.4) is 0 Å². The SMILES string of the molecule is NCC(CC(=O)O)c1c[nH]c2ccccc12. The standard InChI is InChI=1S/C12H14N2O2/c13-6-8(5-12(15)16)10-7-14-11-4-2-1-3-9(10)11/h1-4,7-8,14H,5-6,13H2,(H,15,16). The number of rotatable bonds is 4. The van der Waals surface area contributed by atoms with E-state index < -0.39 is 5.97 Å². The Morgan fingerprint density at radius 2 is 2.19 bits per heavy atom. The summed E-state index contributed by atoms with van der Waals surface area (Å²) in [4.78, 5) is 13.9. The van der Waals surface area contributed by atoms with E-state index >= 15 is 0 Å². The number of nitrogens with one attached hydrogen (secondary N) is 1. The second-order valence-electron chi connectivity index (χ2n) is 3.82. The highest BCUT2D eigenvalue weighted by molar-refractivity contribution is 5.84. The Hall–Kier alpha value is -1.81. The van der Waals surface area contributed by atoms with Crippen molar-refractivity contribution in [2.45, 2.75) is 12.3 Å². The molecule has 0 fully saturated rings. The molecule has 1 aromatic carbocycles. The number of H-pyrrole nitrogens is 1. The molecule has 0 aliphatic rings. The van der Waals surface area contributed by atoms with Crippen molar-refractivity contribution in [2.24, 2.45) is 5.73 Å². The van der Waals surface area contributed by atoms with Crippen LogP contribution in [-0.2, 0) is 4.79 Å². The lowest BCUT2D eigenvalue weighted by Crippen LogP contribution is -2.15. The zero-order valence-electron chi connectivity index (χ0n) is 8.81. The summed E-state index contributed by atoms with van der Waals surface area (Å²) in [6, 6.07) is 7.82. The zero-order chi connectivity index (χ0) is 11.5. The number of nitrogens with two attached hydrogens (primary N) is 1. The lowest BCUT2D eigenvalue weighted by Gasteiger charge is -2.10. The quantitative estimate of drug-likeness (QED) is 0.730. The molecule has 2 aromatic rings. The average Bonchev–Trinajstić information content (AvgIpc) is 2.69. The van der Waals surface area contributed by atoms with Gasteiger partial charge in [0.1, 0.15) is 0 Å². The lowest BCUT2D eigenvalue weighted by molar-refractivity contribution is -0.137. The fourth-order valence-electron chi connectivity index (χ4n) is 1.96. The molecule has 84 valence electrons. The monoisotopic (exact) mass is 218 g/mol. The minimum atomic E-state index is -0.819. The van der Waals surface area contributed by atoms with Crippen molar-refractivity contribution in [1.82, 2.24) is 4.98 Å². The molecule has 4 nitrogen and oxygen atoms in total. The van der Waals surface area contributed by atoms with Crippen LogP contribution in [0.25, 0.3) is 10.9 Å². The molecule has 2 rings (SSSR count). The Morgan fingerprint density at radius 1 is 1.44 bits per heavy atom. The Morgan fingerprint density at radius 3 is 2.88 bits per heavy atom. The summed E-state index contributed by atoms with van der Waals surface area (Å²) >= 11 is 0. The van der Waals surface area contributed by atoms with Crippen LogP contribution in [0.2, 0.25) is 0 Å². The van der Waals surface area contributed by atoms with Crippen LogP contribution in [0.1, 0.15) is 17.9 Å². The molecule has 0 saturated heterocycles. The molecule has 0 radical (unpaired) electrons. The van der Waals surface area contributed by atoms with Gasteiger partial charge in [0, 0.05) is 23.0 Å². The third-order valence-electron chi connectivity index (χ3n) is 2.77. The van der Waals surface area contributed by atoms with Gasteiger partial charge in [-0.15, -0.1) is 0 Å². The number of aliphatic carboxylic acids is 1. The van der Waals surface area contributed by atoms with Crippen LogP contribution in [0.5, 0.6) is 0 Å². The largest absolute Gasteiger partial charge is 0.481 e. The molecule has 4 heteroatoms. The Balaban J connectivity index is 2.41. The first-order valence-electron chi connectivity index (χ1n) is 5.20. The summed E-state index contributed by atoms with van der Waals surface area (Å²) in [5.74, 6) is -0.950. The van der Waals surface area contributed by atoms with Gasteiger partial charge in [-0.3, -0.25) is 4.79 Å². The van der Waals surface area contributed by atoms with E-state index in [0.29, 0.717) is 6.54 Å². The van der Waals surface area contributed by atoms with E-state index in [2.05, 4.69) is 4.98 Å². The van der Waals surface area contributed by atoms with Gasteiger partial charge in [-0.1, -0.05) is 18.2 Å². The van der Waals surface area contributed by atoms with Crippen LogP contribution >= 0.6 is 0 Å². The predicted molar refractivity (Wildman–Crippen MR) is 62.3 cm³/mol. The molecule has 0 aliphatic carbocycles. The number of hydrogen-bond acceptors (Lipinski definition) is 2. The van der Waals surface area contributed by atoms with Crippen LogP contribution in [0, 0.1) is 0 Å². The maximum atomic E-state index is 10.7. The number of aromatic amines is 1. The molecule has 0 aliphatic heterocycles. The number of fused-ring (bicyclic) bond motifs is 1. The van der Waals surface area contributed by atoms with Crippen molar-refractivity contribution in [3.05, 3.63) is 36.0 Å². The van der Waals surface area contributed by atoms with Crippen molar-refractivity contribution in [3.63, 3.8) is 0 Å². The summed E-state index contributed by atoms with van der Waals surface area (Å²) in [7, 11) is 0. The van der Waals surface area contributed by atoms with Gasteiger partial charge in [-0.2, -0.15) is 0 Å². The maximum Gasteiger partial charge on any atom is 0.304 e. The van der Waals surface area contributed by atoms with Gasteiger partial charge in [-0.05, 0) is 18.2 Å². The summed E-state index contributed by atoms with van der Waals surface area (Å²) in [6.07, 6.45) is 1.92. The maximum absolute atomic E-state index is 10.7. The van der Waals surface area contributed by atoms with Gasteiger partial charge >= 0.3 is 5.97 Å². The fraction of sp³-hybridized carbons (Fsp3) is 0.250. The lowest BCUT2D eigenvalue weighted by atomic mass is 9.95. The minimum Gasteiger partial charge on any atom is -0.481 e. The molecule has 1 atom stereocenters. The molecular weight excluding hydrogens is 204 g/mol. The topological polar surface area (TPSA) is 79.1 Å². The van der Waals surface area contributed by atoms with Gasteiger partial charge in [0.2, 0.25) is 0 Å². The molecule has 1 unspecified atom stereocenters. The van der Waals surface area contributed by atoms with E-state index in [4.69, 9.17) is 10.8 Å². The van der Waals surface area contributed by atoms with E-state index in [0.717, 1.165) is 16.5 Å². The molecule has 0 spiro atoms. The number of carboxylic acids is 1. The van der Waals surface area contributed by atoms with E-state index in [1.165, 1.54) is 0 Å². The second-order valence-corrected chi connectivity index (χ2v) is 3.82. The first kappa shape index (κ1) is 10.7. The van der Waals surface area contributed by atoms with Crippen LogP contribution in [0.15, 0.2) is 30.5 Å². The van der Waals surface area contributed by atoms with Crippen molar-refractivity contribution in [3.8, 4) is 0 Å². The summed E-state index contributed by atoms with van der Waals surface area (Å²) in [5.41, 5.74) is 7.63. The van der Waals surface area contributed by atoms with E-state index in [1.54, 1.807) is 0 Å². The highest BCUT2D eigenvalue weighted by Crippen LogP contribution is 2.26. The average molecular weight is 218 g/mol. The third-order valence-corrected chi connectivity index (χ3v) is 2.77. The van der Waals surface area contributed by atoms with Crippen molar-refractivity contribution in [1.29, 1.82) is 0 Å². The third kappa shape index (κ3) is 1.92. The first-order chi connectivity index (χ1) is 7.72. The number of para-hydroxylation sites is 1. The van der Waals surface area contributed by atoms with Gasteiger partial charge in [0.15, 0.2) is 0 Å².